The van der Waals surface area contributed by atoms with Gasteiger partial charge >= 0.3 is 0 Å². The highest BCUT2D eigenvalue weighted by molar-refractivity contribution is 5.76. The first-order valence-corrected chi connectivity index (χ1v) is 9.05. The molecule has 1 aromatic heterocycles. The molecule has 2 atom stereocenters. The molecule has 3 rings (SSSR count). The first-order chi connectivity index (χ1) is 12.6. The van der Waals surface area contributed by atoms with E-state index >= 15 is 0 Å². The zero-order valence-corrected chi connectivity index (χ0v) is 15.4. The number of hydrogen-bond donors (Lipinski definition) is 1. The smallest absolute Gasteiger partial charge is 0.257 e. The van der Waals surface area contributed by atoms with Gasteiger partial charge in [0.1, 0.15) is 6.26 Å². The summed E-state index contributed by atoms with van der Waals surface area (Å²) in [7, 11) is 1.53. The SMILES string of the molecule is COc1nocc1CCC(=O)N1CC[C@@H](O)[C@H](Cc2ccc(C)cc2)C1. The number of aliphatic hydroxyl groups excluding tert-OH is 1. The maximum Gasteiger partial charge on any atom is 0.257 e. The van der Waals surface area contributed by atoms with E-state index in [1.165, 1.54) is 24.5 Å². The number of aryl methyl sites for hydroxylation is 2. The lowest BCUT2D eigenvalue weighted by Gasteiger charge is -2.36. The van der Waals surface area contributed by atoms with E-state index in [0.717, 1.165) is 12.0 Å². The number of aliphatic hydroxyl groups is 1. The highest BCUT2D eigenvalue weighted by Gasteiger charge is 2.30. The molecule has 0 radical (unpaired) electrons. The van der Waals surface area contributed by atoms with E-state index in [1.54, 1.807) is 0 Å². The van der Waals surface area contributed by atoms with Gasteiger partial charge in [0, 0.05) is 25.4 Å². The number of piperidine rings is 1. The lowest BCUT2D eigenvalue weighted by atomic mass is 9.88. The van der Waals surface area contributed by atoms with Crippen LogP contribution in [0.15, 0.2) is 35.1 Å². The molecule has 0 aliphatic carbocycles. The molecule has 1 aliphatic rings. The van der Waals surface area contributed by atoms with Gasteiger partial charge in [-0.3, -0.25) is 4.79 Å². The molecule has 6 nitrogen and oxygen atoms in total. The monoisotopic (exact) mass is 358 g/mol. The predicted octanol–water partition coefficient (Wildman–Crippen LogP) is 2.38. The Hall–Kier alpha value is -2.34. The molecular formula is C20H26N2O4. The minimum Gasteiger partial charge on any atom is -0.479 e. The van der Waals surface area contributed by atoms with Gasteiger partial charge < -0.3 is 19.3 Å². The Morgan fingerprint density at radius 2 is 2.15 bits per heavy atom. The van der Waals surface area contributed by atoms with Crippen molar-refractivity contribution in [1.29, 1.82) is 0 Å². The summed E-state index contributed by atoms with van der Waals surface area (Å²) in [5.74, 6) is 0.596. The summed E-state index contributed by atoms with van der Waals surface area (Å²) >= 11 is 0. The molecule has 1 aliphatic heterocycles. The van der Waals surface area contributed by atoms with Crippen LogP contribution in [0.1, 0.15) is 29.5 Å². The molecular weight excluding hydrogens is 332 g/mol. The fourth-order valence-corrected chi connectivity index (χ4v) is 3.45. The summed E-state index contributed by atoms with van der Waals surface area (Å²) in [5.41, 5.74) is 3.22. The summed E-state index contributed by atoms with van der Waals surface area (Å²) in [6.45, 7) is 3.25. The van der Waals surface area contributed by atoms with Gasteiger partial charge in [0.25, 0.3) is 5.88 Å². The van der Waals surface area contributed by atoms with Crippen molar-refractivity contribution in [2.45, 2.75) is 38.7 Å². The molecule has 26 heavy (non-hydrogen) atoms. The number of hydrogen-bond acceptors (Lipinski definition) is 5. The first kappa shape index (κ1) is 18.5. The molecule has 2 aromatic rings. The zero-order valence-electron chi connectivity index (χ0n) is 15.4. The molecule has 0 saturated carbocycles. The lowest BCUT2D eigenvalue weighted by Crippen LogP contribution is -2.46. The van der Waals surface area contributed by atoms with E-state index in [9.17, 15) is 9.90 Å². The van der Waals surface area contributed by atoms with Crippen molar-refractivity contribution in [2.75, 3.05) is 20.2 Å². The Morgan fingerprint density at radius 1 is 1.38 bits per heavy atom. The standard InChI is InChI=1S/C20H26N2O4/c1-14-3-5-15(6-4-14)11-17-12-22(10-9-18(17)23)19(24)8-7-16-13-26-21-20(16)25-2/h3-6,13,17-18,23H,7-12H2,1-2H3/t17-,18-/m1/s1. The number of likely N-dealkylation sites (tertiary alicyclic amines) is 1. The number of aromatic nitrogens is 1. The van der Waals surface area contributed by atoms with E-state index in [1.807, 2.05) is 4.90 Å². The quantitative estimate of drug-likeness (QED) is 0.858. The van der Waals surface area contributed by atoms with Gasteiger partial charge in [-0.15, -0.1) is 0 Å². The van der Waals surface area contributed by atoms with Crippen LogP contribution in [0.25, 0.3) is 0 Å². The molecule has 1 amide bonds. The van der Waals surface area contributed by atoms with E-state index < -0.39 is 0 Å². The number of ether oxygens (including phenoxy) is 1. The second-order valence-corrected chi connectivity index (χ2v) is 6.99. The van der Waals surface area contributed by atoms with Gasteiger partial charge in [-0.2, -0.15) is 0 Å². The average molecular weight is 358 g/mol. The Bertz CT molecular complexity index is 726. The zero-order chi connectivity index (χ0) is 18.5. The van der Waals surface area contributed by atoms with Crippen LogP contribution in [0, 0.1) is 12.8 Å². The van der Waals surface area contributed by atoms with Crippen molar-refractivity contribution < 1.29 is 19.2 Å². The Balaban J connectivity index is 1.56. The van der Waals surface area contributed by atoms with Crippen LogP contribution in [0.3, 0.4) is 0 Å². The molecule has 0 spiro atoms. The molecule has 1 saturated heterocycles. The average Bonchev–Trinajstić information content (AvgIpc) is 3.11. The second-order valence-electron chi connectivity index (χ2n) is 6.99. The fourth-order valence-electron chi connectivity index (χ4n) is 3.45. The molecule has 0 unspecified atom stereocenters. The normalized spacial score (nSPS) is 20.2. The number of carbonyl (C=O) groups is 1. The number of amides is 1. The molecule has 1 aromatic carbocycles. The Kier molecular flexibility index (Phi) is 5.93. The van der Waals surface area contributed by atoms with E-state index in [-0.39, 0.29) is 17.9 Å². The van der Waals surface area contributed by atoms with Crippen LogP contribution in [0.2, 0.25) is 0 Å². The third kappa shape index (κ3) is 4.43. The number of methoxy groups -OCH3 is 1. The van der Waals surface area contributed by atoms with Crippen LogP contribution in [-0.2, 0) is 17.6 Å². The van der Waals surface area contributed by atoms with Crippen molar-refractivity contribution in [2.24, 2.45) is 5.92 Å². The van der Waals surface area contributed by atoms with Crippen LogP contribution in [0.5, 0.6) is 5.88 Å². The summed E-state index contributed by atoms with van der Waals surface area (Å²) < 4.78 is 9.99. The second kappa shape index (κ2) is 8.36. The fraction of sp³-hybridized carbons (Fsp3) is 0.500. The maximum atomic E-state index is 12.6. The Labute approximate surface area is 153 Å². The van der Waals surface area contributed by atoms with Crippen LogP contribution < -0.4 is 4.74 Å². The summed E-state index contributed by atoms with van der Waals surface area (Å²) in [5, 5.41) is 14.1. The molecule has 0 bridgehead atoms. The maximum absolute atomic E-state index is 12.6. The van der Waals surface area contributed by atoms with Gasteiger partial charge in [0.2, 0.25) is 5.91 Å². The number of benzene rings is 1. The first-order valence-electron chi connectivity index (χ1n) is 9.05. The largest absolute Gasteiger partial charge is 0.479 e. The van der Waals surface area contributed by atoms with Crippen LogP contribution in [-0.4, -0.2) is 47.4 Å². The summed E-state index contributed by atoms with van der Waals surface area (Å²) in [4.78, 5) is 14.5. The van der Waals surface area contributed by atoms with Gasteiger partial charge in [0.15, 0.2) is 0 Å². The highest BCUT2D eigenvalue weighted by atomic mass is 16.5. The molecule has 6 heteroatoms. The van der Waals surface area contributed by atoms with Crippen molar-refractivity contribution >= 4 is 5.91 Å². The van der Waals surface area contributed by atoms with Gasteiger partial charge in [-0.25, -0.2) is 0 Å². The summed E-state index contributed by atoms with van der Waals surface area (Å²) in [6, 6.07) is 8.36. The highest BCUT2D eigenvalue weighted by Crippen LogP contribution is 2.23. The predicted molar refractivity (Wildman–Crippen MR) is 97.0 cm³/mol. The van der Waals surface area contributed by atoms with Gasteiger partial charge in [-0.1, -0.05) is 29.8 Å². The van der Waals surface area contributed by atoms with Gasteiger partial charge in [0.05, 0.1) is 18.8 Å². The lowest BCUT2D eigenvalue weighted by molar-refractivity contribution is -0.134. The van der Waals surface area contributed by atoms with E-state index in [0.29, 0.717) is 38.2 Å². The third-order valence-corrected chi connectivity index (χ3v) is 5.07. The Morgan fingerprint density at radius 3 is 2.88 bits per heavy atom. The summed E-state index contributed by atoms with van der Waals surface area (Å²) in [6.07, 6.45) is 3.48. The number of nitrogens with zero attached hydrogens (tertiary/aromatic N) is 2. The minimum absolute atomic E-state index is 0.0699. The molecule has 1 fully saturated rings. The van der Waals surface area contributed by atoms with Gasteiger partial charge in [-0.05, 0) is 36.9 Å². The van der Waals surface area contributed by atoms with Crippen molar-refractivity contribution in [3.05, 3.63) is 47.2 Å². The molecule has 1 N–H and O–H groups in total. The molecule has 2 heterocycles. The third-order valence-electron chi connectivity index (χ3n) is 5.07. The van der Waals surface area contributed by atoms with Crippen molar-refractivity contribution in [3.8, 4) is 5.88 Å². The van der Waals surface area contributed by atoms with E-state index in [4.69, 9.17) is 9.26 Å². The van der Waals surface area contributed by atoms with Crippen LogP contribution >= 0.6 is 0 Å². The number of carbonyl (C=O) groups excluding carboxylic acids is 1. The van der Waals surface area contributed by atoms with E-state index in [2.05, 4.69) is 36.3 Å². The van der Waals surface area contributed by atoms with Crippen molar-refractivity contribution in [1.82, 2.24) is 10.1 Å². The molecule has 140 valence electrons. The van der Waals surface area contributed by atoms with Crippen LogP contribution in [0.4, 0.5) is 0 Å². The minimum atomic E-state index is -0.362. The van der Waals surface area contributed by atoms with Crippen molar-refractivity contribution in [3.63, 3.8) is 0 Å². The topological polar surface area (TPSA) is 75.8 Å². The number of rotatable bonds is 6.